The van der Waals surface area contributed by atoms with Gasteiger partial charge in [-0.05, 0) is 83.1 Å². The molecule has 1 amide bonds. The lowest BCUT2D eigenvalue weighted by molar-refractivity contribution is -0.192. The first-order valence-electron chi connectivity index (χ1n) is 24.2. The summed E-state index contributed by atoms with van der Waals surface area (Å²) in [6, 6.07) is 18.9. The van der Waals surface area contributed by atoms with Crippen molar-refractivity contribution in [2.75, 3.05) is 51.4 Å². The molecule has 446 valence electrons. The summed E-state index contributed by atoms with van der Waals surface area (Å²) in [6.07, 6.45) is -2.74. The van der Waals surface area contributed by atoms with E-state index in [2.05, 4.69) is 30.3 Å². The molecule has 6 N–H and O–H groups in total. The number of benzene rings is 5. The van der Waals surface area contributed by atoms with E-state index in [0.29, 0.717) is 79.2 Å². The monoisotopic (exact) mass is 1270 g/mol. The maximum absolute atomic E-state index is 14.6. The Bertz CT molecular complexity index is 3740. The van der Waals surface area contributed by atoms with Crippen LogP contribution < -0.4 is 35.3 Å². The number of nitrogens with one attached hydrogen (secondary N) is 2. The van der Waals surface area contributed by atoms with Crippen molar-refractivity contribution >= 4 is 119 Å². The van der Waals surface area contributed by atoms with E-state index in [0.717, 1.165) is 18.7 Å². The van der Waals surface area contributed by atoms with Crippen molar-refractivity contribution in [3.8, 4) is 23.0 Å². The number of fused-ring (bicyclic) bond motifs is 2. The number of methoxy groups -OCH3 is 2. The average Bonchev–Trinajstić information content (AvgIpc) is 1.39. The average molecular weight is 1270 g/mol. The smallest absolute Gasteiger partial charge is 0.490 e. The van der Waals surface area contributed by atoms with Crippen LogP contribution in [-0.2, 0) is 19.6 Å². The van der Waals surface area contributed by atoms with Crippen molar-refractivity contribution in [2.24, 2.45) is 0 Å². The van der Waals surface area contributed by atoms with Crippen LogP contribution >= 0.6 is 46.4 Å². The maximum Gasteiger partial charge on any atom is 0.490 e. The SMILES string of the molecule is Cc1c(Cl)ccc(N)c1F.Cc1ccc(S(=O)(=O)O)cc1.O=C(O)C(F)(F)F.[C-]#[N+]c1cnc2cc(OC)c(OC3CN(C(=O)OC(C)(C)C)C3)cc2c1Cl.[C-]#[N+]c1cnc2cc(OC)c(OC3CNC3)cc2c1Nc1ccc(Cl)c(Cl)c1F. The molecular weight excluding hydrogens is 1220 g/mol. The zero-order valence-corrected chi connectivity index (χ0v) is 49.1. The summed E-state index contributed by atoms with van der Waals surface area (Å²) in [5.74, 6) is -1.83. The lowest BCUT2D eigenvalue weighted by Gasteiger charge is -2.39. The lowest BCUT2D eigenvalue weighted by Crippen LogP contribution is -2.57. The molecule has 2 aliphatic rings. The summed E-state index contributed by atoms with van der Waals surface area (Å²) in [5, 5.41) is 15.1. The van der Waals surface area contributed by atoms with Gasteiger partial charge < -0.3 is 50.1 Å². The number of hydrogen-bond acceptors (Lipinski definition) is 14. The highest BCUT2D eigenvalue weighted by Crippen LogP contribution is 2.43. The number of likely N-dealkylation sites (tertiary alicyclic amines) is 1. The second-order valence-corrected chi connectivity index (χ2v) is 21.8. The van der Waals surface area contributed by atoms with Crippen LogP contribution in [0.3, 0.4) is 0 Å². The molecule has 5 aromatic carbocycles. The van der Waals surface area contributed by atoms with Gasteiger partial charge in [0.15, 0.2) is 28.8 Å². The number of anilines is 3. The fourth-order valence-electron chi connectivity index (χ4n) is 6.99. The van der Waals surface area contributed by atoms with Gasteiger partial charge in [-0.15, -0.1) is 0 Å². The minimum atomic E-state index is -5.08. The highest BCUT2D eigenvalue weighted by molar-refractivity contribution is 7.85. The van der Waals surface area contributed by atoms with E-state index in [-0.39, 0.29) is 56.0 Å². The van der Waals surface area contributed by atoms with Crippen molar-refractivity contribution in [2.45, 2.75) is 63.5 Å². The summed E-state index contributed by atoms with van der Waals surface area (Å²) in [5.41, 5.74) is 8.39. The Hall–Kier alpha value is -7.88. The van der Waals surface area contributed by atoms with Crippen LogP contribution in [0, 0.1) is 38.6 Å². The number of pyridine rings is 2. The summed E-state index contributed by atoms with van der Waals surface area (Å²) in [7, 11) is -0.935. The molecule has 4 heterocycles. The number of carbonyl (C=O) groups excluding carboxylic acids is 1. The van der Waals surface area contributed by atoms with Crippen LogP contribution in [0.15, 0.2) is 90.1 Å². The molecule has 9 rings (SSSR count). The third-order valence-corrected chi connectivity index (χ3v) is 13.9. The molecule has 19 nitrogen and oxygen atoms in total. The molecule has 0 atom stereocenters. The third kappa shape index (κ3) is 17.8. The van der Waals surface area contributed by atoms with Crippen molar-refractivity contribution in [3.63, 3.8) is 0 Å². The van der Waals surface area contributed by atoms with Crippen LogP contribution in [0.2, 0.25) is 20.1 Å². The van der Waals surface area contributed by atoms with E-state index in [4.69, 9.17) is 103 Å². The van der Waals surface area contributed by atoms with Crippen molar-refractivity contribution in [3.05, 3.63) is 151 Å². The molecule has 0 bridgehead atoms. The van der Waals surface area contributed by atoms with Gasteiger partial charge in [0.25, 0.3) is 10.1 Å². The Labute approximate surface area is 498 Å². The molecule has 2 saturated heterocycles. The molecule has 84 heavy (non-hydrogen) atoms. The Balaban J connectivity index is 0.000000213. The van der Waals surface area contributed by atoms with Gasteiger partial charge in [0.05, 0.1) is 88.5 Å². The second-order valence-electron chi connectivity index (χ2n) is 18.8. The van der Waals surface area contributed by atoms with Gasteiger partial charge in [0.2, 0.25) is 11.4 Å². The van der Waals surface area contributed by atoms with Crippen LogP contribution in [0.1, 0.15) is 31.9 Å². The summed E-state index contributed by atoms with van der Waals surface area (Å²) >= 11 is 23.7. The number of aryl methyl sites for hydroxylation is 1. The number of carbonyl (C=O) groups is 2. The third-order valence-electron chi connectivity index (χ3n) is 11.5. The Morgan fingerprint density at radius 2 is 1.27 bits per heavy atom. The molecule has 0 spiro atoms. The molecule has 0 saturated carbocycles. The zero-order chi connectivity index (χ0) is 62.6. The van der Waals surface area contributed by atoms with Crippen molar-refractivity contribution in [1.29, 1.82) is 0 Å². The lowest BCUT2D eigenvalue weighted by atomic mass is 10.1. The van der Waals surface area contributed by atoms with Gasteiger partial charge in [0, 0.05) is 59.0 Å². The second kappa shape index (κ2) is 28.6. The number of aromatic nitrogens is 2. The number of hydrogen-bond donors (Lipinski definition) is 5. The van der Waals surface area contributed by atoms with Gasteiger partial charge in [-0.25, -0.2) is 28.1 Å². The number of alkyl halides is 3. The molecule has 29 heteroatoms. The number of nitrogens with zero attached hydrogens (tertiary/aromatic N) is 5. The normalized spacial score (nSPS) is 13.0. The fraction of sp³-hybridized carbons (Fsp3) is 0.273. The van der Waals surface area contributed by atoms with Gasteiger partial charge in [-0.2, -0.15) is 21.6 Å². The molecule has 0 unspecified atom stereocenters. The standard InChI is InChI=1S/C20H15Cl2FN4O2.C19H20ClN3O4.C7H7ClFN.C7H8O3S.C2HF3O2/c1-24-15-9-26-14-6-16(28-2)17(29-10-7-25-8-10)5-11(14)20(15)27-13-4-3-12(21)18(22)19(13)23;1-19(2,3)27-18(24)23-9-11(10-23)26-16-6-12-13(7-15(16)25-5)22-8-14(21-4)17(12)20;1-4-5(8)2-3-6(10)7(4)9;1-6-2-4-7(5-3-6)11(8,9)10;3-2(4,5)1(6)7/h3-6,9-10,25H,7-8H2,2H3,(H,26,27);6-8,11H,9-10H2,1-3,5H3;2-3H,10H2,1H3;2-5H,1H3,(H,8,9,10);(H,6,7). The molecule has 2 fully saturated rings. The minimum Gasteiger partial charge on any atom is -0.493 e. The van der Waals surface area contributed by atoms with E-state index >= 15 is 0 Å². The number of halogens is 9. The van der Waals surface area contributed by atoms with E-state index < -0.39 is 39.5 Å². The van der Waals surface area contributed by atoms with E-state index in [1.807, 2.05) is 27.7 Å². The molecule has 0 radical (unpaired) electrons. The van der Waals surface area contributed by atoms with Gasteiger partial charge >= 0.3 is 18.2 Å². The summed E-state index contributed by atoms with van der Waals surface area (Å²) in [4.78, 5) is 37.9. The fourth-order valence-corrected chi connectivity index (χ4v) is 8.17. The first kappa shape index (κ1) is 66.9. The maximum atomic E-state index is 14.6. The van der Waals surface area contributed by atoms with E-state index in [9.17, 15) is 35.2 Å². The zero-order valence-electron chi connectivity index (χ0n) is 45.3. The van der Waals surface area contributed by atoms with Gasteiger partial charge in [0.1, 0.15) is 23.6 Å². The molecule has 2 aromatic heterocycles. The van der Waals surface area contributed by atoms with E-state index in [1.165, 1.54) is 49.8 Å². The predicted molar refractivity (Wildman–Crippen MR) is 309 cm³/mol. The molecular formula is C55H51Cl4F5N8O11S. The highest BCUT2D eigenvalue weighted by atomic mass is 35.5. The number of aliphatic carboxylic acids is 1. The molecule has 0 aliphatic carbocycles. The quantitative estimate of drug-likeness (QED) is 0.0297. The highest BCUT2D eigenvalue weighted by Gasteiger charge is 2.38. The number of ether oxygens (including phenoxy) is 5. The largest absolute Gasteiger partial charge is 0.493 e. The van der Waals surface area contributed by atoms with Crippen molar-refractivity contribution in [1.82, 2.24) is 20.2 Å². The Morgan fingerprint density at radius 1 is 0.762 bits per heavy atom. The first-order chi connectivity index (χ1) is 39.3. The number of nitrogens with two attached hydrogens (primary N) is 1. The summed E-state index contributed by atoms with van der Waals surface area (Å²) < 4.78 is 117. The van der Waals surface area contributed by atoms with Gasteiger partial charge in [-0.1, -0.05) is 64.1 Å². The van der Waals surface area contributed by atoms with Crippen LogP contribution in [0.25, 0.3) is 31.5 Å². The first-order valence-corrected chi connectivity index (χ1v) is 27.1. The minimum absolute atomic E-state index is 0.0299. The summed E-state index contributed by atoms with van der Waals surface area (Å²) in [6.45, 7) is 25.9. The van der Waals surface area contributed by atoms with Crippen LogP contribution in [0.4, 0.5) is 55.2 Å². The Morgan fingerprint density at radius 3 is 1.75 bits per heavy atom. The number of nitrogen functional groups attached to an aromatic ring is 1. The predicted octanol–water partition coefficient (Wildman–Crippen LogP) is 14.0. The number of amides is 1. The number of carboxylic acid groups (broad SMARTS) is 1. The van der Waals surface area contributed by atoms with E-state index in [1.54, 1.807) is 61.4 Å². The molecule has 2 aliphatic heterocycles. The van der Waals surface area contributed by atoms with Crippen LogP contribution in [0.5, 0.6) is 23.0 Å². The number of rotatable bonds is 9. The van der Waals surface area contributed by atoms with Crippen LogP contribution in [-0.4, -0.2) is 109 Å². The van der Waals surface area contributed by atoms with Gasteiger partial charge in [-0.3, -0.25) is 14.5 Å². The molecule has 7 aromatic rings. The number of carboxylic acids is 1. The van der Waals surface area contributed by atoms with Crippen molar-refractivity contribution < 1.29 is 73.3 Å². The Kier molecular flexibility index (Phi) is 22.8. The topological polar surface area (TPSA) is 243 Å².